The molecule has 22 heavy (non-hydrogen) atoms. The van der Waals surface area contributed by atoms with Crippen molar-refractivity contribution in [2.45, 2.75) is 57.9 Å². The second-order valence-corrected chi connectivity index (χ2v) is 6.65. The Kier molecular flexibility index (Phi) is 4.81. The van der Waals surface area contributed by atoms with Gasteiger partial charge in [-0.25, -0.2) is 0 Å². The van der Waals surface area contributed by atoms with Crippen LogP contribution in [-0.2, 0) is 11.2 Å². The maximum Gasteiger partial charge on any atom is 0.220 e. The predicted octanol–water partition coefficient (Wildman–Crippen LogP) is 4.19. The van der Waals surface area contributed by atoms with Gasteiger partial charge in [-0.2, -0.15) is 0 Å². The number of hydrogen-bond acceptors (Lipinski definition) is 1. The first kappa shape index (κ1) is 15.1. The Labute approximate surface area is 132 Å². The summed E-state index contributed by atoms with van der Waals surface area (Å²) in [6.45, 7) is 2.26. The normalized spacial score (nSPS) is 21.9. The maximum absolute atomic E-state index is 12.1. The standard InChI is InChI=1S/C19H26N2O/c1-14-7-2-4-10-17(14)21-19(22)12-6-8-15-13-20-18-11-5-3-9-16(15)18/h3,5,9,11,13-14,17,20H,2,4,6-8,10,12H2,1H3,(H,21,22)/t14-,17+/m0/s1. The SMILES string of the molecule is C[C@H]1CCCC[C@H]1NC(=O)CCCc1c[nH]c2ccccc12. The number of fused-ring (bicyclic) bond motifs is 1. The number of rotatable bonds is 5. The zero-order valence-corrected chi connectivity index (χ0v) is 13.4. The summed E-state index contributed by atoms with van der Waals surface area (Å²) < 4.78 is 0. The van der Waals surface area contributed by atoms with Crippen LogP contribution in [-0.4, -0.2) is 16.9 Å². The lowest BCUT2D eigenvalue weighted by atomic mass is 9.86. The third-order valence-corrected chi connectivity index (χ3v) is 4.98. The van der Waals surface area contributed by atoms with Crippen LogP contribution in [0.3, 0.4) is 0 Å². The molecule has 3 rings (SSSR count). The van der Waals surface area contributed by atoms with Crippen molar-refractivity contribution in [1.29, 1.82) is 0 Å². The van der Waals surface area contributed by atoms with E-state index < -0.39 is 0 Å². The number of H-pyrrole nitrogens is 1. The highest BCUT2D eigenvalue weighted by Gasteiger charge is 2.22. The minimum absolute atomic E-state index is 0.221. The number of carbonyl (C=O) groups excluding carboxylic acids is 1. The third-order valence-electron chi connectivity index (χ3n) is 4.98. The lowest BCUT2D eigenvalue weighted by Crippen LogP contribution is -2.40. The van der Waals surface area contributed by atoms with E-state index in [0.717, 1.165) is 19.3 Å². The van der Waals surface area contributed by atoms with Crippen LogP contribution in [0.2, 0.25) is 0 Å². The molecule has 1 aliphatic carbocycles. The van der Waals surface area contributed by atoms with Gasteiger partial charge in [0.05, 0.1) is 0 Å². The summed E-state index contributed by atoms with van der Waals surface area (Å²) in [6, 6.07) is 8.74. The molecule has 2 N–H and O–H groups in total. The Morgan fingerprint density at radius 3 is 2.95 bits per heavy atom. The highest BCUT2D eigenvalue weighted by atomic mass is 16.1. The van der Waals surface area contributed by atoms with Crippen LogP contribution in [0.5, 0.6) is 0 Å². The summed E-state index contributed by atoms with van der Waals surface area (Å²) in [5.41, 5.74) is 2.49. The highest BCUT2D eigenvalue weighted by Crippen LogP contribution is 2.24. The average molecular weight is 298 g/mol. The van der Waals surface area contributed by atoms with E-state index in [2.05, 4.69) is 41.6 Å². The summed E-state index contributed by atoms with van der Waals surface area (Å²) in [7, 11) is 0. The fourth-order valence-electron chi connectivity index (χ4n) is 3.59. The van der Waals surface area contributed by atoms with E-state index in [-0.39, 0.29) is 5.91 Å². The Balaban J connectivity index is 1.47. The topological polar surface area (TPSA) is 44.9 Å². The fraction of sp³-hybridized carbons (Fsp3) is 0.526. The van der Waals surface area contributed by atoms with Crippen LogP contribution < -0.4 is 5.32 Å². The van der Waals surface area contributed by atoms with Crippen molar-refractivity contribution in [2.24, 2.45) is 5.92 Å². The number of benzene rings is 1. The van der Waals surface area contributed by atoms with E-state index >= 15 is 0 Å². The number of hydrogen-bond donors (Lipinski definition) is 2. The van der Waals surface area contributed by atoms with Crippen LogP contribution in [0.1, 0.15) is 51.0 Å². The molecule has 1 aliphatic rings. The summed E-state index contributed by atoms with van der Waals surface area (Å²) in [5, 5.41) is 4.52. The Bertz CT molecular complexity index is 631. The van der Waals surface area contributed by atoms with Crippen LogP contribution in [0.4, 0.5) is 0 Å². The van der Waals surface area contributed by atoms with E-state index in [1.165, 1.54) is 35.7 Å². The number of carbonyl (C=O) groups is 1. The molecule has 2 aromatic rings. The van der Waals surface area contributed by atoms with Gasteiger partial charge in [0, 0.05) is 29.6 Å². The second-order valence-electron chi connectivity index (χ2n) is 6.65. The molecule has 0 aliphatic heterocycles. The Morgan fingerprint density at radius 2 is 2.09 bits per heavy atom. The van der Waals surface area contributed by atoms with Crippen LogP contribution >= 0.6 is 0 Å². The zero-order chi connectivity index (χ0) is 15.4. The molecule has 1 saturated carbocycles. The third kappa shape index (κ3) is 3.52. The van der Waals surface area contributed by atoms with E-state index in [9.17, 15) is 4.79 Å². The second kappa shape index (κ2) is 6.99. The van der Waals surface area contributed by atoms with Gasteiger partial charge < -0.3 is 10.3 Å². The van der Waals surface area contributed by atoms with Gasteiger partial charge in [-0.1, -0.05) is 38.0 Å². The molecule has 0 saturated heterocycles. The molecule has 3 heteroatoms. The molecule has 3 nitrogen and oxygen atoms in total. The zero-order valence-electron chi connectivity index (χ0n) is 13.4. The van der Waals surface area contributed by atoms with Gasteiger partial charge in [0.2, 0.25) is 5.91 Å². The van der Waals surface area contributed by atoms with Gasteiger partial charge in [-0.05, 0) is 43.2 Å². The minimum atomic E-state index is 0.221. The van der Waals surface area contributed by atoms with E-state index in [4.69, 9.17) is 0 Å². The van der Waals surface area contributed by atoms with Crippen molar-refractivity contribution in [1.82, 2.24) is 10.3 Å². The molecule has 1 heterocycles. The molecular weight excluding hydrogens is 272 g/mol. The summed E-state index contributed by atoms with van der Waals surface area (Å²) in [6.07, 6.45) is 9.54. The molecular formula is C19H26N2O. The lowest BCUT2D eigenvalue weighted by Gasteiger charge is -2.29. The van der Waals surface area contributed by atoms with Crippen molar-refractivity contribution >= 4 is 16.8 Å². The molecule has 1 aromatic carbocycles. The van der Waals surface area contributed by atoms with Gasteiger partial charge in [0.25, 0.3) is 0 Å². The number of nitrogens with one attached hydrogen (secondary N) is 2. The van der Waals surface area contributed by atoms with Gasteiger partial charge in [0.1, 0.15) is 0 Å². The lowest BCUT2D eigenvalue weighted by molar-refractivity contribution is -0.122. The summed E-state index contributed by atoms with van der Waals surface area (Å²) in [4.78, 5) is 15.4. The number of amides is 1. The van der Waals surface area contributed by atoms with Gasteiger partial charge in [-0.15, -0.1) is 0 Å². The van der Waals surface area contributed by atoms with Gasteiger partial charge in [-0.3, -0.25) is 4.79 Å². The van der Waals surface area contributed by atoms with Gasteiger partial charge in [0.15, 0.2) is 0 Å². The average Bonchev–Trinajstić information content (AvgIpc) is 2.93. The van der Waals surface area contributed by atoms with Crippen molar-refractivity contribution in [3.05, 3.63) is 36.0 Å². The molecule has 1 aromatic heterocycles. The van der Waals surface area contributed by atoms with Crippen molar-refractivity contribution < 1.29 is 4.79 Å². The molecule has 0 spiro atoms. The number of aryl methyl sites for hydroxylation is 1. The molecule has 0 radical (unpaired) electrons. The van der Waals surface area contributed by atoms with Crippen molar-refractivity contribution in [3.8, 4) is 0 Å². The molecule has 1 amide bonds. The smallest absolute Gasteiger partial charge is 0.220 e. The Hall–Kier alpha value is -1.77. The molecule has 1 fully saturated rings. The predicted molar refractivity (Wildman–Crippen MR) is 90.8 cm³/mol. The van der Waals surface area contributed by atoms with Crippen molar-refractivity contribution in [3.63, 3.8) is 0 Å². The number of aromatic amines is 1. The summed E-state index contributed by atoms with van der Waals surface area (Å²) in [5.74, 6) is 0.852. The van der Waals surface area contributed by atoms with Crippen LogP contribution in [0.25, 0.3) is 10.9 Å². The molecule has 0 unspecified atom stereocenters. The first-order valence-electron chi connectivity index (χ1n) is 8.58. The van der Waals surface area contributed by atoms with E-state index in [1.807, 2.05) is 6.07 Å². The van der Waals surface area contributed by atoms with Crippen LogP contribution in [0, 0.1) is 5.92 Å². The highest BCUT2D eigenvalue weighted by molar-refractivity contribution is 5.83. The molecule has 0 bridgehead atoms. The monoisotopic (exact) mass is 298 g/mol. The van der Waals surface area contributed by atoms with E-state index in [0.29, 0.717) is 18.4 Å². The Morgan fingerprint density at radius 1 is 1.27 bits per heavy atom. The first-order chi connectivity index (χ1) is 10.7. The molecule has 2 atom stereocenters. The van der Waals surface area contributed by atoms with E-state index in [1.54, 1.807) is 0 Å². The maximum atomic E-state index is 12.1. The van der Waals surface area contributed by atoms with Crippen LogP contribution in [0.15, 0.2) is 30.5 Å². The number of aromatic nitrogens is 1. The fourth-order valence-corrected chi connectivity index (χ4v) is 3.59. The number of para-hydroxylation sites is 1. The van der Waals surface area contributed by atoms with Crippen molar-refractivity contribution in [2.75, 3.05) is 0 Å². The largest absolute Gasteiger partial charge is 0.361 e. The molecule has 118 valence electrons. The quantitative estimate of drug-likeness (QED) is 0.854. The minimum Gasteiger partial charge on any atom is -0.361 e. The van der Waals surface area contributed by atoms with Gasteiger partial charge >= 0.3 is 0 Å². The summed E-state index contributed by atoms with van der Waals surface area (Å²) >= 11 is 0. The first-order valence-corrected chi connectivity index (χ1v) is 8.58.